The van der Waals surface area contributed by atoms with Gasteiger partial charge >= 0.3 is 12.0 Å². The molecule has 0 aliphatic carbocycles. The van der Waals surface area contributed by atoms with Crippen LogP contribution in [0.25, 0.3) is 0 Å². The Morgan fingerprint density at radius 2 is 2.18 bits per heavy atom. The van der Waals surface area contributed by atoms with Crippen LogP contribution in [0.5, 0.6) is 0 Å². The fourth-order valence-corrected chi connectivity index (χ4v) is 2.99. The number of aromatic nitrogens is 1. The number of halogens is 2. The first kappa shape index (κ1) is 21.6. The number of nitrogens with zero attached hydrogens (tertiary/aromatic N) is 2. The number of hydrogen-bond acceptors (Lipinski definition) is 5. The normalized spacial score (nSPS) is 16.1. The minimum atomic E-state index is -0.461. The summed E-state index contributed by atoms with van der Waals surface area (Å²) in [4.78, 5) is 29.9. The predicted molar refractivity (Wildman–Crippen MR) is 104 cm³/mol. The Morgan fingerprint density at radius 1 is 1.36 bits per heavy atom. The van der Waals surface area contributed by atoms with E-state index in [9.17, 15) is 14.0 Å². The van der Waals surface area contributed by atoms with Gasteiger partial charge in [0, 0.05) is 25.8 Å². The number of esters is 1. The molecule has 150 valence electrons. The molecule has 2 aromatic rings. The molecule has 0 spiro atoms. The van der Waals surface area contributed by atoms with Crippen molar-refractivity contribution in [2.24, 2.45) is 0 Å². The van der Waals surface area contributed by atoms with Gasteiger partial charge in [-0.3, -0.25) is 4.98 Å². The molecule has 1 aromatic heterocycles. The first-order valence-electron chi connectivity index (χ1n) is 8.62. The van der Waals surface area contributed by atoms with Gasteiger partial charge in [-0.1, -0.05) is 12.1 Å². The number of amides is 2. The van der Waals surface area contributed by atoms with E-state index < -0.39 is 5.97 Å². The molecule has 2 heterocycles. The van der Waals surface area contributed by atoms with Crippen molar-refractivity contribution in [2.75, 3.05) is 26.7 Å². The summed E-state index contributed by atoms with van der Waals surface area (Å²) in [6.45, 7) is 1.97. The maximum atomic E-state index is 13.6. The van der Waals surface area contributed by atoms with E-state index in [-0.39, 0.29) is 36.8 Å². The number of carbonyl (C=O) groups is 2. The van der Waals surface area contributed by atoms with Crippen molar-refractivity contribution in [1.82, 2.24) is 20.5 Å². The van der Waals surface area contributed by atoms with Crippen LogP contribution in [0.15, 0.2) is 42.6 Å². The first-order valence-corrected chi connectivity index (χ1v) is 8.62. The van der Waals surface area contributed by atoms with Gasteiger partial charge in [0.25, 0.3) is 0 Å². The summed E-state index contributed by atoms with van der Waals surface area (Å²) in [5.41, 5.74) is 1.71. The lowest BCUT2D eigenvalue weighted by Gasteiger charge is -2.36. The van der Waals surface area contributed by atoms with E-state index in [2.05, 4.69) is 20.4 Å². The molecule has 2 amide bonds. The topological polar surface area (TPSA) is 83.6 Å². The standard InChI is InChI=1S/C19H21FN4O3.ClH/c1-27-18(25)14-5-6-16(22-10-14)11-23-19(26)24-8-7-21-12-17(24)13-3-2-4-15(20)9-13;/h2-6,9-10,17,21H,7-8,11-12H2,1H3,(H,23,26);1H. The minimum absolute atomic E-state index is 0. The molecule has 0 saturated carbocycles. The molecular weight excluding hydrogens is 387 g/mol. The molecule has 7 nitrogen and oxygen atoms in total. The molecule has 9 heteroatoms. The van der Waals surface area contributed by atoms with E-state index >= 15 is 0 Å². The molecule has 1 atom stereocenters. The summed E-state index contributed by atoms with van der Waals surface area (Å²) >= 11 is 0. The van der Waals surface area contributed by atoms with Gasteiger partial charge in [-0.15, -0.1) is 12.4 Å². The summed E-state index contributed by atoms with van der Waals surface area (Å²) in [6.07, 6.45) is 1.41. The second-order valence-electron chi connectivity index (χ2n) is 6.16. The highest BCUT2D eigenvalue weighted by atomic mass is 35.5. The highest BCUT2D eigenvalue weighted by Gasteiger charge is 2.28. The summed E-state index contributed by atoms with van der Waals surface area (Å²) in [6, 6.07) is 9.05. The number of ether oxygens (including phenoxy) is 1. The lowest BCUT2D eigenvalue weighted by Crippen LogP contribution is -2.51. The molecule has 1 aromatic carbocycles. The Kier molecular flexibility index (Phi) is 7.71. The first-order chi connectivity index (χ1) is 13.1. The maximum Gasteiger partial charge on any atom is 0.339 e. The van der Waals surface area contributed by atoms with Crippen LogP contribution in [-0.4, -0.2) is 48.6 Å². The van der Waals surface area contributed by atoms with E-state index in [4.69, 9.17) is 0 Å². The number of urea groups is 1. The average Bonchev–Trinajstić information content (AvgIpc) is 2.72. The van der Waals surface area contributed by atoms with Crippen molar-refractivity contribution in [3.8, 4) is 0 Å². The molecule has 0 radical (unpaired) electrons. The number of hydrogen-bond donors (Lipinski definition) is 2. The summed E-state index contributed by atoms with van der Waals surface area (Å²) in [5, 5.41) is 6.07. The molecular formula is C19H22ClFN4O3. The van der Waals surface area contributed by atoms with E-state index in [0.29, 0.717) is 30.9 Å². The van der Waals surface area contributed by atoms with Crippen LogP contribution in [0, 0.1) is 5.82 Å². The zero-order valence-electron chi connectivity index (χ0n) is 15.4. The van der Waals surface area contributed by atoms with Crippen molar-refractivity contribution < 1.29 is 18.7 Å². The van der Waals surface area contributed by atoms with Crippen molar-refractivity contribution in [3.05, 3.63) is 65.2 Å². The van der Waals surface area contributed by atoms with Crippen molar-refractivity contribution in [2.45, 2.75) is 12.6 Å². The fraction of sp³-hybridized carbons (Fsp3) is 0.316. The molecule has 1 saturated heterocycles. The van der Waals surface area contributed by atoms with Gasteiger partial charge in [-0.05, 0) is 29.8 Å². The number of carbonyl (C=O) groups excluding carboxylic acids is 2. The van der Waals surface area contributed by atoms with Gasteiger partial charge in [-0.2, -0.15) is 0 Å². The molecule has 2 N–H and O–H groups in total. The van der Waals surface area contributed by atoms with E-state index in [0.717, 1.165) is 5.56 Å². The van der Waals surface area contributed by atoms with Crippen LogP contribution in [0.2, 0.25) is 0 Å². The van der Waals surface area contributed by atoms with Crippen LogP contribution < -0.4 is 10.6 Å². The van der Waals surface area contributed by atoms with E-state index in [1.807, 2.05) is 6.07 Å². The zero-order valence-corrected chi connectivity index (χ0v) is 16.2. The average molecular weight is 409 g/mol. The molecule has 0 bridgehead atoms. The molecule has 1 aliphatic rings. The minimum Gasteiger partial charge on any atom is -0.465 e. The number of piperazine rings is 1. The summed E-state index contributed by atoms with van der Waals surface area (Å²) in [7, 11) is 1.30. The molecule has 3 rings (SSSR count). The van der Waals surface area contributed by atoms with Crippen LogP contribution in [0.3, 0.4) is 0 Å². The quantitative estimate of drug-likeness (QED) is 0.758. The van der Waals surface area contributed by atoms with Crippen molar-refractivity contribution in [3.63, 3.8) is 0 Å². The lowest BCUT2D eigenvalue weighted by atomic mass is 10.0. The second-order valence-corrected chi connectivity index (χ2v) is 6.16. The largest absolute Gasteiger partial charge is 0.465 e. The Balaban J connectivity index is 0.00000280. The Hall–Kier alpha value is -2.71. The van der Waals surface area contributed by atoms with Gasteiger partial charge < -0.3 is 20.3 Å². The molecule has 1 aliphatic heterocycles. The lowest BCUT2D eigenvalue weighted by molar-refractivity contribution is 0.0600. The highest BCUT2D eigenvalue weighted by molar-refractivity contribution is 5.88. The smallest absolute Gasteiger partial charge is 0.339 e. The highest BCUT2D eigenvalue weighted by Crippen LogP contribution is 2.23. The van der Waals surface area contributed by atoms with Gasteiger partial charge in [0.2, 0.25) is 0 Å². The van der Waals surface area contributed by atoms with Crippen LogP contribution in [-0.2, 0) is 11.3 Å². The Bertz CT molecular complexity index is 819. The number of nitrogens with one attached hydrogen (secondary N) is 2. The third-order valence-corrected chi connectivity index (χ3v) is 4.40. The predicted octanol–water partition coefficient (Wildman–Crippen LogP) is 2.29. The van der Waals surface area contributed by atoms with Gasteiger partial charge in [-0.25, -0.2) is 14.0 Å². The molecule has 1 unspecified atom stereocenters. The Labute approximate surface area is 168 Å². The summed E-state index contributed by atoms with van der Waals surface area (Å²) < 4.78 is 18.2. The second kappa shape index (κ2) is 10.0. The van der Waals surface area contributed by atoms with Gasteiger partial charge in [0.1, 0.15) is 5.82 Å². The van der Waals surface area contributed by atoms with Crippen LogP contribution >= 0.6 is 12.4 Å². The fourth-order valence-electron chi connectivity index (χ4n) is 2.99. The monoisotopic (exact) mass is 408 g/mol. The van der Waals surface area contributed by atoms with Crippen LogP contribution in [0.1, 0.15) is 27.7 Å². The van der Waals surface area contributed by atoms with Crippen LogP contribution in [0.4, 0.5) is 9.18 Å². The van der Waals surface area contributed by atoms with E-state index in [1.165, 1.54) is 25.4 Å². The number of benzene rings is 1. The third-order valence-electron chi connectivity index (χ3n) is 4.40. The summed E-state index contributed by atoms with van der Waals surface area (Å²) in [5.74, 6) is -0.787. The van der Waals surface area contributed by atoms with E-state index in [1.54, 1.807) is 23.1 Å². The van der Waals surface area contributed by atoms with Crippen molar-refractivity contribution in [1.29, 1.82) is 0 Å². The van der Waals surface area contributed by atoms with Gasteiger partial charge in [0.05, 0.1) is 31.0 Å². The molecule has 1 fully saturated rings. The Morgan fingerprint density at radius 3 is 2.86 bits per heavy atom. The SMILES string of the molecule is COC(=O)c1ccc(CNC(=O)N2CCNCC2c2cccc(F)c2)nc1.Cl. The number of pyridine rings is 1. The van der Waals surface area contributed by atoms with Gasteiger partial charge in [0.15, 0.2) is 0 Å². The zero-order chi connectivity index (χ0) is 19.2. The maximum absolute atomic E-state index is 13.6. The number of methoxy groups -OCH3 is 1. The van der Waals surface area contributed by atoms with Crippen molar-refractivity contribution >= 4 is 24.4 Å². The number of rotatable bonds is 4. The third kappa shape index (κ3) is 5.17. The molecule has 28 heavy (non-hydrogen) atoms.